The molecule has 0 amide bonds. The van der Waals surface area contributed by atoms with Crippen LogP contribution in [0.1, 0.15) is 29.2 Å². The Morgan fingerprint density at radius 1 is 1.17 bits per heavy atom. The Balaban J connectivity index is 1.62. The third kappa shape index (κ3) is 5.76. The van der Waals surface area contributed by atoms with Crippen LogP contribution in [0.5, 0.6) is 11.5 Å². The molecule has 0 aromatic heterocycles. The first-order valence-corrected chi connectivity index (χ1v) is 12.7. The highest BCUT2D eigenvalue weighted by Crippen LogP contribution is 2.36. The predicted octanol–water partition coefficient (Wildman–Crippen LogP) is 6.59. The molecule has 0 N–H and O–H groups in total. The van der Waals surface area contributed by atoms with Crippen molar-refractivity contribution in [3.8, 4) is 11.5 Å². The van der Waals surface area contributed by atoms with Gasteiger partial charge in [-0.2, -0.15) is 0 Å². The molecule has 0 saturated carbocycles. The maximum absolute atomic E-state index is 12.5. The van der Waals surface area contributed by atoms with Crippen LogP contribution in [0.3, 0.4) is 0 Å². The minimum absolute atomic E-state index is 0.0144. The molecule has 4 rings (SSSR count). The van der Waals surface area contributed by atoms with E-state index < -0.39 is 10.9 Å². The maximum Gasteiger partial charge on any atom is 0.363 e. The fourth-order valence-corrected chi connectivity index (χ4v) is 4.70. The van der Waals surface area contributed by atoms with Crippen molar-refractivity contribution >= 4 is 62.2 Å². The van der Waals surface area contributed by atoms with E-state index in [1.807, 2.05) is 37.3 Å². The number of rotatable bonds is 8. The summed E-state index contributed by atoms with van der Waals surface area (Å²) in [7, 11) is 0. The SMILES string of the molecule is CCOc1cc(/C=C2\N=C(c3ccc([N+](=O)[O-])c(C)c3)OC2=O)cc(I)c1OCc1ccccc1Br. The van der Waals surface area contributed by atoms with Crippen LogP contribution in [-0.2, 0) is 16.1 Å². The number of esters is 1. The van der Waals surface area contributed by atoms with Crippen LogP contribution < -0.4 is 9.47 Å². The molecule has 0 atom stereocenters. The highest BCUT2D eigenvalue weighted by atomic mass is 127. The molecule has 1 heterocycles. The molecule has 1 aliphatic heterocycles. The van der Waals surface area contributed by atoms with Gasteiger partial charge in [0, 0.05) is 27.2 Å². The van der Waals surface area contributed by atoms with E-state index in [2.05, 4.69) is 43.5 Å². The van der Waals surface area contributed by atoms with Crippen molar-refractivity contribution in [1.29, 1.82) is 0 Å². The topological polar surface area (TPSA) is 100 Å². The zero-order valence-electron chi connectivity index (χ0n) is 19.3. The molecule has 0 aliphatic carbocycles. The summed E-state index contributed by atoms with van der Waals surface area (Å²) in [6.07, 6.45) is 1.61. The number of nitro benzene ring substituents is 1. The van der Waals surface area contributed by atoms with Crippen molar-refractivity contribution in [1.82, 2.24) is 0 Å². The van der Waals surface area contributed by atoms with Crippen molar-refractivity contribution in [3.63, 3.8) is 0 Å². The molecule has 36 heavy (non-hydrogen) atoms. The fraction of sp³-hybridized carbons (Fsp3) is 0.154. The normalized spacial score (nSPS) is 13.9. The Bertz CT molecular complexity index is 1420. The van der Waals surface area contributed by atoms with Gasteiger partial charge in [0.1, 0.15) is 6.61 Å². The molecule has 3 aromatic carbocycles. The second-order valence-corrected chi connectivity index (χ2v) is 9.75. The van der Waals surface area contributed by atoms with Gasteiger partial charge in [-0.1, -0.05) is 34.1 Å². The molecular formula is C26H20BrIN2O6. The van der Waals surface area contributed by atoms with Gasteiger partial charge >= 0.3 is 5.97 Å². The summed E-state index contributed by atoms with van der Waals surface area (Å²) in [6.45, 7) is 4.29. The number of ether oxygens (including phenoxy) is 3. The van der Waals surface area contributed by atoms with Crippen LogP contribution in [0.25, 0.3) is 6.08 Å². The minimum Gasteiger partial charge on any atom is -0.490 e. The first kappa shape index (κ1) is 25.8. The molecular weight excluding hydrogens is 643 g/mol. The Labute approximate surface area is 229 Å². The largest absolute Gasteiger partial charge is 0.490 e. The number of aryl methyl sites for hydroxylation is 1. The van der Waals surface area contributed by atoms with Gasteiger partial charge in [0.25, 0.3) is 5.69 Å². The monoisotopic (exact) mass is 662 g/mol. The number of carbonyl (C=O) groups is 1. The Morgan fingerprint density at radius 3 is 2.64 bits per heavy atom. The molecule has 0 fully saturated rings. The molecule has 0 saturated heterocycles. The average molecular weight is 663 g/mol. The minimum atomic E-state index is -0.608. The lowest BCUT2D eigenvalue weighted by Gasteiger charge is -2.15. The summed E-state index contributed by atoms with van der Waals surface area (Å²) in [4.78, 5) is 27.4. The number of hydrogen-bond donors (Lipinski definition) is 0. The maximum atomic E-state index is 12.5. The number of nitrogens with zero attached hydrogens (tertiary/aromatic N) is 2. The van der Waals surface area contributed by atoms with E-state index >= 15 is 0 Å². The predicted molar refractivity (Wildman–Crippen MR) is 147 cm³/mol. The van der Waals surface area contributed by atoms with Crippen LogP contribution in [0.4, 0.5) is 5.69 Å². The molecule has 0 unspecified atom stereocenters. The summed E-state index contributed by atoms with van der Waals surface area (Å²) in [5, 5.41) is 11.1. The van der Waals surface area contributed by atoms with Crippen molar-refractivity contribution in [2.75, 3.05) is 6.61 Å². The van der Waals surface area contributed by atoms with Gasteiger partial charge < -0.3 is 14.2 Å². The lowest BCUT2D eigenvalue weighted by Crippen LogP contribution is -2.06. The number of hydrogen-bond acceptors (Lipinski definition) is 7. The van der Waals surface area contributed by atoms with Crippen LogP contribution >= 0.6 is 38.5 Å². The van der Waals surface area contributed by atoms with Gasteiger partial charge in [0.2, 0.25) is 5.90 Å². The molecule has 3 aromatic rings. The summed E-state index contributed by atoms with van der Waals surface area (Å²) in [5.74, 6) is 0.639. The van der Waals surface area contributed by atoms with Crippen LogP contribution in [0.15, 0.2) is 69.8 Å². The zero-order chi connectivity index (χ0) is 25.8. The van der Waals surface area contributed by atoms with Gasteiger partial charge in [-0.3, -0.25) is 10.1 Å². The molecule has 184 valence electrons. The van der Waals surface area contributed by atoms with Crippen molar-refractivity contribution in [2.45, 2.75) is 20.5 Å². The first-order chi connectivity index (χ1) is 17.3. The van der Waals surface area contributed by atoms with Gasteiger partial charge in [-0.15, -0.1) is 0 Å². The number of halogens is 2. The fourth-order valence-electron chi connectivity index (χ4n) is 3.52. The molecule has 0 spiro atoms. The van der Waals surface area contributed by atoms with Gasteiger partial charge in [-0.25, -0.2) is 9.79 Å². The summed E-state index contributed by atoms with van der Waals surface area (Å²) >= 11 is 5.70. The Hall–Kier alpha value is -3.25. The van der Waals surface area contributed by atoms with E-state index in [-0.39, 0.29) is 17.3 Å². The number of aliphatic imine (C=N–C) groups is 1. The van der Waals surface area contributed by atoms with Crippen LogP contribution in [-0.4, -0.2) is 23.4 Å². The average Bonchev–Trinajstić information content (AvgIpc) is 3.19. The van der Waals surface area contributed by atoms with Crippen LogP contribution in [0.2, 0.25) is 0 Å². The van der Waals surface area contributed by atoms with Crippen molar-refractivity contribution in [2.24, 2.45) is 4.99 Å². The third-order valence-electron chi connectivity index (χ3n) is 5.23. The van der Waals surface area contributed by atoms with Gasteiger partial charge in [0.05, 0.1) is 15.1 Å². The van der Waals surface area contributed by atoms with Crippen molar-refractivity contribution < 1.29 is 23.9 Å². The van der Waals surface area contributed by atoms with E-state index in [0.29, 0.717) is 41.4 Å². The number of nitro groups is 1. The molecule has 0 radical (unpaired) electrons. The summed E-state index contributed by atoms with van der Waals surface area (Å²) < 4.78 is 19.0. The lowest BCUT2D eigenvalue weighted by molar-refractivity contribution is -0.385. The number of benzene rings is 3. The van der Waals surface area contributed by atoms with E-state index in [1.54, 1.807) is 25.1 Å². The summed E-state index contributed by atoms with van der Waals surface area (Å²) in [5.41, 5.74) is 2.71. The second-order valence-electron chi connectivity index (χ2n) is 7.74. The quantitative estimate of drug-likeness (QED) is 0.0887. The lowest BCUT2D eigenvalue weighted by atomic mass is 10.1. The van der Waals surface area contributed by atoms with Gasteiger partial charge in [0.15, 0.2) is 17.2 Å². The zero-order valence-corrected chi connectivity index (χ0v) is 23.0. The van der Waals surface area contributed by atoms with Crippen molar-refractivity contribution in [3.05, 3.63) is 101 Å². The number of carbonyl (C=O) groups excluding carboxylic acids is 1. The number of cyclic esters (lactones) is 1. The smallest absolute Gasteiger partial charge is 0.363 e. The molecule has 8 nitrogen and oxygen atoms in total. The molecule has 0 bridgehead atoms. The van der Waals surface area contributed by atoms with Crippen LogP contribution in [0, 0.1) is 20.6 Å². The Kier molecular flexibility index (Phi) is 8.04. The van der Waals surface area contributed by atoms with Gasteiger partial charge in [-0.05, 0) is 78.4 Å². The standard InChI is InChI=1S/C26H20BrIN2O6/c1-3-34-23-13-16(11-20(28)24(23)35-14-18-6-4-5-7-19(18)27)12-21-26(31)36-25(29-21)17-8-9-22(30(32)33)15(2)10-17/h4-13H,3,14H2,1-2H3/b21-12-. The summed E-state index contributed by atoms with van der Waals surface area (Å²) in [6, 6.07) is 15.9. The first-order valence-electron chi connectivity index (χ1n) is 10.9. The van der Waals surface area contributed by atoms with E-state index in [1.165, 1.54) is 12.1 Å². The van der Waals surface area contributed by atoms with E-state index in [0.717, 1.165) is 13.6 Å². The molecule has 10 heteroatoms. The second kappa shape index (κ2) is 11.2. The Morgan fingerprint density at radius 2 is 1.94 bits per heavy atom. The third-order valence-corrected chi connectivity index (χ3v) is 6.80. The van der Waals surface area contributed by atoms with E-state index in [4.69, 9.17) is 14.2 Å². The van der Waals surface area contributed by atoms with E-state index in [9.17, 15) is 14.9 Å². The molecule has 1 aliphatic rings. The highest BCUT2D eigenvalue weighted by molar-refractivity contribution is 14.1. The highest BCUT2D eigenvalue weighted by Gasteiger charge is 2.26.